The Labute approximate surface area is 151 Å². The molecule has 1 aliphatic heterocycles. The molecule has 2 N–H and O–H groups in total. The topological polar surface area (TPSA) is 117 Å². The fourth-order valence-corrected chi connectivity index (χ4v) is 3.71. The molecule has 0 radical (unpaired) electrons. The lowest BCUT2D eigenvalue weighted by molar-refractivity contribution is 0.0766. The van der Waals surface area contributed by atoms with Crippen molar-refractivity contribution in [2.24, 2.45) is 0 Å². The molecule has 0 bridgehead atoms. The molecule has 2 aromatic rings. The highest BCUT2D eigenvalue weighted by molar-refractivity contribution is 7.89. The number of carbonyl (C=O) groups excluding carboxylic acids is 1. The average molecular weight is 379 g/mol. The first-order chi connectivity index (χ1) is 12.5. The van der Waals surface area contributed by atoms with Crippen molar-refractivity contribution in [2.45, 2.75) is 24.8 Å². The Morgan fingerprint density at radius 2 is 2.19 bits per heavy atom. The predicted molar refractivity (Wildman–Crippen MR) is 92.9 cm³/mol. The van der Waals surface area contributed by atoms with Crippen LogP contribution in [-0.2, 0) is 16.6 Å². The van der Waals surface area contributed by atoms with Gasteiger partial charge < -0.3 is 14.7 Å². The average Bonchev–Trinajstić information content (AvgIpc) is 2.88. The van der Waals surface area contributed by atoms with Gasteiger partial charge in [-0.15, -0.1) is 0 Å². The molecule has 26 heavy (non-hydrogen) atoms. The van der Waals surface area contributed by atoms with E-state index in [1.807, 2.05) is 0 Å². The van der Waals surface area contributed by atoms with E-state index in [-0.39, 0.29) is 23.2 Å². The standard InChI is InChI=1S/C16H21N5O4S/c1-12-19-15(20-25-12)11-18-26(23,24)14-5-2-4-13(10-14)16(22)21-8-3-6-17-7-9-21/h2,4-5,10,17-18H,3,6-9,11H2,1H3. The summed E-state index contributed by atoms with van der Waals surface area (Å²) in [6, 6.07) is 6.04. The Hall–Kier alpha value is -2.30. The Morgan fingerprint density at radius 3 is 2.96 bits per heavy atom. The zero-order valence-electron chi connectivity index (χ0n) is 14.4. The van der Waals surface area contributed by atoms with Crippen molar-refractivity contribution in [3.63, 3.8) is 0 Å². The molecule has 3 rings (SSSR count). The van der Waals surface area contributed by atoms with Crippen LogP contribution in [0.15, 0.2) is 33.7 Å². The van der Waals surface area contributed by atoms with E-state index in [2.05, 4.69) is 20.2 Å². The third-order valence-electron chi connectivity index (χ3n) is 4.01. The number of hydrogen-bond acceptors (Lipinski definition) is 7. The van der Waals surface area contributed by atoms with Crippen molar-refractivity contribution in [1.29, 1.82) is 0 Å². The van der Waals surface area contributed by atoms with Gasteiger partial charge >= 0.3 is 0 Å². The van der Waals surface area contributed by atoms with Crippen LogP contribution in [0.25, 0.3) is 0 Å². The summed E-state index contributed by atoms with van der Waals surface area (Å²) in [6.45, 7) is 4.39. The van der Waals surface area contributed by atoms with Crippen LogP contribution in [0, 0.1) is 6.92 Å². The summed E-state index contributed by atoms with van der Waals surface area (Å²) in [4.78, 5) is 18.4. The van der Waals surface area contributed by atoms with Crippen LogP contribution in [0.5, 0.6) is 0 Å². The number of nitrogens with zero attached hydrogens (tertiary/aromatic N) is 3. The smallest absolute Gasteiger partial charge is 0.253 e. The van der Waals surface area contributed by atoms with E-state index in [1.54, 1.807) is 24.0 Å². The van der Waals surface area contributed by atoms with Crippen molar-refractivity contribution in [3.8, 4) is 0 Å². The zero-order valence-corrected chi connectivity index (χ0v) is 15.3. The molecule has 9 nitrogen and oxygen atoms in total. The molecule has 0 saturated carbocycles. The van der Waals surface area contributed by atoms with Gasteiger partial charge in [0, 0.05) is 32.1 Å². The van der Waals surface area contributed by atoms with Gasteiger partial charge in [-0.25, -0.2) is 13.1 Å². The summed E-state index contributed by atoms with van der Waals surface area (Å²) in [5.41, 5.74) is 0.352. The van der Waals surface area contributed by atoms with Gasteiger partial charge in [0.25, 0.3) is 5.91 Å². The van der Waals surface area contributed by atoms with E-state index < -0.39 is 10.0 Å². The number of hydrogen-bond donors (Lipinski definition) is 2. The molecule has 10 heteroatoms. The third kappa shape index (κ3) is 4.45. The van der Waals surface area contributed by atoms with Crippen LogP contribution in [0.2, 0.25) is 0 Å². The van der Waals surface area contributed by atoms with Gasteiger partial charge in [-0.1, -0.05) is 11.2 Å². The van der Waals surface area contributed by atoms with E-state index in [9.17, 15) is 13.2 Å². The summed E-state index contributed by atoms with van der Waals surface area (Å²) in [7, 11) is -3.80. The van der Waals surface area contributed by atoms with Crippen molar-refractivity contribution in [1.82, 2.24) is 25.1 Å². The number of carbonyl (C=O) groups is 1. The van der Waals surface area contributed by atoms with Gasteiger partial charge in [0.2, 0.25) is 15.9 Å². The highest BCUT2D eigenvalue weighted by Gasteiger charge is 2.20. The van der Waals surface area contributed by atoms with E-state index >= 15 is 0 Å². The lowest BCUT2D eigenvalue weighted by Gasteiger charge is -2.20. The molecule has 2 heterocycles. The van der Waals surface area contributed by atoms with Crippen LogP contribution in [0.3, 0.4) is 0 Å². The van der Waals surface area contributed by atoms with Crippen LogP contribution < -0.4 is 10.0 Å². The predicted octanol–water partition coefficient (Wildman–Crippen LogP) is 0.292. The Bertz CT molecular complexity index is 872. The molecule has 1 saturated heterocycles. The van der Waals surface area contributed by atoms with Crippen LogP contribution in [0.4, 0.5) is 0 Å². The normalized spacial score (nSPS) is 15.7. The minimum Gasteiger partial charge on any atom is -0.340 e. The number of benzene rings is 1. The van der Waals surface area contributed by atoms with Gasteiger partial charge in [-0.3, -0.25) is 4.79 Å². The maximum absolute atomic E-state index is 12.7. The molecule has 0 atom stereocenters. The Kier molecular flexibility index (Phi) is 5.64. The lowest BCUT2D eigenvalue weighted by atomic mass is 10.2. The van der Waals surface area contributed by atoms with E-state index in [4.69, 9.17) is 4.52 Å². The minimum atomic E-state index is -3.80. The van der Waals surface area contributed by atoms with Gasteiger partial charge in [0.15, 0.2) is 5.82 Å². The summed E-state index contributed by atoms with van der Waals surface area (Å²) >= 11 is 0. The second-order valence-corrected chi connectivity index (χ2v) is 7.74. The first-order valence-corrected chi connectivity index (χ1v) is 9.83. The first kappa shape index (κ1) is 18.5. The third-order valence-corrected chi connectivity index (χ3v) is 5.41. The molecule has 0 spiro atoms. The number of aromatic nitrogens is 2. The molecule has 1 amide bonds. The van der Waals surface area contributed by atoms with Crippen LogP contribution in [-0.4, -0.2) is 55.5 Å². The molecular weight excluding hydrogens is 358 g/mol. The summed E-state index contributed by atoms with van der Waals surface area (Å²) < 4.78 is 32.2. The SMILES string of the molecule is Cc1nc(CNS(=O)(=O)c2cccc(C(=O)N3CCCNCC3)c2)no1. The fraction of sp³-hybridized carbons (Fsp3) is 0.438. The highest BCUT2D eigenvalue weighted by atomic mass is 32.2. The van der Waals surface area contributed by atoms with E-state index in [0.29, 0.717) is 24.5 Å². The molecule has 140 valence electrons. The van der Waals surface area contributed by atoms with Crippen LogP contribution in [0.1, 0.15) is 28.5 Å². The number of aryl methyl sites for hydroxylation is 1. The number of rotatable bonds is 5. The number of sulfonamides is 1. The van der Waals surface area contributed by atoms with Crippen molar-refractivity contribution < 1.29 is 17.7 Å². The van der Waals surface area contributed by atoms with E-state index in [1.165, 1.54) is 12.1 Å². The number of amides is 1. The van der Waals surface area contributed by atoms with Crippen molar-refractivity contribution in [3.05, 3.63) is 41.5 Å². The second-order valence-electron chi connectivity index (χ2n) is 5.98. The first-order valence-electron chi connectivity index (χ1n) is 8.34. The maximum atomic E-state index is 12.7. The van der Waals surface area contributed by atoms with Gasteiger partial charge in [0.1, 0.15) is 0 Å². The van der Waals surface area contributed by atoms with Crippen molar-refractivity contribution >= 4 is 15.9 Å². The molecule has 1 aliphatic rings. The molecule has 1 aromatic heterocycles. The van der Waals surface area contributed by atoms with Gasteiger partial charge in [-0.2, -0.15) is 4.98 Å². The molecular formula is C16H21N5O4S. The van der Waals surface area contributed by atoms with Crippen LogP contribution >= 0.6 is 0 Å². The lowest BCUT2D eigenvalue weighted by Crippen LogP contribution is -2.34. The largest absolute Gasteiger partial charge is 0.340 e. The molecule has 0 unspecified atom stereocenters. The Morgan fingerprint density at radius 1 is 1.35 bits per heavy atom. The molecule has 0 aliphatic carbocycles. The van der Waals surface area contributed by atoms with E-state index in [0.717, 1.165) is 19.5 Å². The molecule has 1 aromatic carbocycles. The van der Waals surface area contributed by atoms with Gasteiger partial charge in [-0.05, 0) is 31.2 Å². The number of nitrogens with one attached hydrogen (secondary N) is 2. The summed E-state index contributed by atoms with van der Waals surface area (Å²) in [5, 5.41) is 6.88. The van der Waals surface area contributed by atoms with Crippen molar-refractivity contribution in [2.75, 3.05) is 26.2 Å². The minimum absolute atomic E-state index is 0.0245. The maximum Gasteiger partial charge on any atom is 0.253 e. The molecule has 1 fully saturated rings. The monoisotopic (exact) mass is 379 g/mol. The van der Waals surface area contributed by atoms with Gasteiger partial charge in [0.05, 0.1) is 11.4 Å². The highest BCUT2D eigenvalue weighted by Crippen LogP contribution is 2.14. The quantitative estimate of drug-likeness (QED) is 0.767. The summed E-state index contributed by atoms with van der Waals surface area (Å²) in [6.07, 6.45) is 0.870. The summed E-state index contributed by atoms with van der Waals surface area (Å²) in [5.74, 6) is 0.439. The zero-order chi connectivity index (χ0) is 18.6. The Balaban J connectivity index is 1.73. The fourth-order valence-electron chi connectivity index (χ4n) is 2.68. The second kappa shape index (κ2) is 7.94.